The molecule has 3 rings (SSSR count). The predicted molar refractivity (Wildman–Crippen MR) is 105 cm³/mol. The fourth-order valence-corrected chi connectivity index (χ4v) is 3.46. The molecular weight excluding hydrogens is 359 g/mol. The third-order valence-electron chi connectivity index (χ3n) is 5.11. The van der Waals surface area contributed by atoms with Crippen LogP contribution >= 0.6 is 0 Å². The second-order valence-corrected chi connectivity index (χ2v) is 7.28. The Morgan fingerprint density at radius 1 is 1.07 bits per heavy atom. The molecule has 1 amide bonds. The van der Waals surface area contributed by atoms with Crippen molar-refractivity contribution in [3.8, 4) is 5.75 Å². The van der Waals surface area contributed by atoms with Crippen molar-refractivity contribution in [3.05, 3.63) is 65.5 Å². The summed E-state index contributed by atoms with van der Waals surface area (Å²) in [5.74, 6) is 0.274. The van der Waals surface area contributed by atoms with Gasteiger partial charge >= 0.3 is 0 Å². The zero-order valence-electron chi connectivity index (χ0n) is 16.2. The van der Waals surface area contributed by atoms with Crippen LogP contribution in [0.5, 0.6) is 5.75 Å². The largest absolute Gasteiger partial charge is 0.484 e. The Morgan fingerprint density at radius 3 is 2.39 bits per heavy atom. The zero-order chi connectivity index (χ0) is 20.1. The van der Waals surface area contributed by atoms with Crippen molar-refractivity contribution in [1.82, 2.24) is 9.80 Å². The van der Waals surface area contributed by atoms with Gasteiger partial charge in [0.15, 0.2) is 6.61 Å². The van der Waals surface area contributed by atoms with Crippen molar-refractivity contribution in [1.29, 1.82) is 0 Å². The van der Waals surface area contributed by atoms with Gasteiger partial charge in [-0.05, 0) is 55.8 Å². The molecule has 2 aromatic rings. The molecule has 0 aliphatic carbocycles. The van der Waals surface area contributed by atoms with Gasteiger partial charge in [-0.3, -0.25) is 14.5 Å². The highest BCUT2D eigenvalue weighted by molar-refractivity contribution is 5.78. The lowest BCUT2D eigenvalue weighted by Gasteiger charge is -2.44. The van der Waals surface area contributed by atoms with Gasteiger partial charge in [0.1, 0.15) is 17.9 Å². The predicted octanol–water partition coefficient (Wildman–Crippen LogP) is 3.14. The lowest BCUT2D eigenvalue weighted by Crippen LogP contribution is -2.58. The Labute approximate surface area is 164 Å². The van der Waals surface area contributed by atoms with Crippen molar-refractivity contribution >= 4 is 12.2 Å². The monoisotopic (exact) mass is 384 g/mol. The molecule has 1 aliphatic rings. The summed E-state index contributed by atoms with van der Waals surface area (Å²) in [5, 5.41) is 0. The Morgan fingerprint density at radius 2 is 1.75 bits per heavy atom. The van der Waals surface area contributed by atoms with E-state index in [-0.39, 0.29) is 30.4 Å². The molecule has 5 nitrogen and oxygen atoms in total. The maximum atomic E-state index is 13.1. The van der Waals surface area contributed by atoms with Crippen LogP contribution in [-0.4, -0.2) is 53.8 Å². The molecular formula is C22H25FN2O3. The quantitative estimate of drug-likeness (QED) is 0.718. The van der Waals surface area contributed by atoms with Crippen LogP contribution in [0.1, 0.15) is 29.8 Å². The SMILES string of the molecule is C[C@@H]1CN(C(=O)COc2ccc(C=O)cc2)[C@@H](C)CN1Cc1ccc(F)cc1. The Bertz CT molecular complexity index is 808. The number of hydrogen-bond donors (Lipinski definition) is 0. The third-order valence-corrected chi connectivity index (χ3v) is 5.11. The highest BCUT2D eigenvalue weighted by atomic mass is 19.1. The standard InChI is InChI=1S/C22H25FN2O3/c1-16-12-25(22(27)15-28-21-9-5-19(14-26)6-10-21)17(2)11-24(16)13-18-3-7-20(23)8-4-18/h3-10,14,16-17H,11-13,15H2,1-2H3/t16-,17+/m1/s1. The fourth-order valence-electron chi connectivity index (χ4n) is 3.46. The van der Waals surface area contributed by atoms with Crippen LogP contribution in [0.15, 0.2) is 48.5 Å². The highest BCUT2D eigenvalue weighted by Gasteiger charge is 2.32. The minimum Gasteiger partial charge on any atom is -0.484 e. The number of carbonyl (C=O) groups excluding carboxylic acids is 2. The van der Waals surface area contributed by atoms with Gasteiger partial charge in [-0.1, -0.05) is 12.1 Å². The average molecular weight is 384 g/mol. The van der Waals surface area contributed by atoms with E-state index in [1.165, 1.54) is 12.1 Å². The number of carbonyl (C=O) groups is 2. The van der Waals surface area contributed by atoms with Gasteiger partial charge in [0.05, 0.1) is 0 Å². The van der Waals surface area contributed by atoms with Crippen molar-refractivity contribution < 1.29 is 18.7 Å². The number of ether oxygens (including phenoxy) is 1. The molecule has 0 bridgehead atoms. The summed E-state index contributed by atoms with van der Waals surface area (Å²) in [6.45, 7) is 6.19. The van der Waals surface area contributed by atoms with Crippen LogP contribution in [0, 0.1) is 5.82 Å². The molecule has 1 fully saturated rings. The summed E-state index contributed by atoms with van der Waals surface area (Å²) in [7, 11) is 0. The van der Waals surface area contributed by atoms with E-state index in [9.17, 15) is 14.0 Å². The first kappa shape index (κ1) is 20.0. The Balaban J connectivity index is 1.54. The van der Waals surface area contributed by atoms with Gasteiger partial charge in [0, 0.05) is 37.3 Å². The van der Waals surface area contributed by atoms with Crippen LogP contribution in [-0.2, 0) is 11.3 Å². The normalized spacial score (nSPS) is 20.0. The number of hydrogen-bond acceptors (Lipinski definition) is 4. The van der Waals surface area contributed by atoms with E-state index in [0.29, 0.717) is 17.9 Å². The molecule has 1 saturated heterocycles. The van der Waals surface area contributed by atoms with E-state index in [4.69, 9.17) is 4.74 Å². The van der Waals surface area contributed by atoms with Crippen LogP contribution in [0.25, 0.3) is 0 Å². The van der Waals surface area contributed by atoms with Crippen LogP contribution in [0.2, 0.25) is 0 Å². The highest BCUT2D eigenvalue weighted by Crippen LogP contribution is 2.19. The van der Waals surface area contributed by atoms with E-state index in [1.807, 2.05) is 11.8 Å². The smallest absolute Gasteiger partial charge is 0.260 e. The second kappa shape index (κ2) is 8.97. The molecule has 1 aliphatic heterocycles. The zero-order valence-corrected chi connectivity index (χ0v) is 16.2. The van der Waals surface area contributed by atoms with Gasteiger partial charge in [0.2, 0.25) is 0 Å². The molecule has 2 aromatic carbocycles. The number of amides is 1. The minimum atomic E-state index is -0.235. The fraction of sp³-hybridized carbons (Fsp3) is 0.364. The Kier molecular flexibility index (Phi) is 6.41. The molecule has 2 atom stereocenters. The van der Waals surface area contributed by atoms with Crippen molar-refractivity contribution in [3.63, 3.8) is 0 Å². The van der Waals surface area contributed by atoms with Gasteiger partial charge < -0.3 is 9.64 Å². The van der Waals surface area contributed by atoms with Crippen molar-refractivity contribution in [2.75, 3.05) is 19.7 Å². The maximum absolute atomic E-state index is 13.1. The minimum absolute atomic E-state index is 0.0323. The molecule has 0 N–H and O–H groups in total. The van der Waals surface area contributed by atoms with Gasteiger partial charge in [-0.2, -0.15) is 0 Å². The molecule has 1 heterocycles. The number of aldehydes is 1. The molecule has 0 aromatic heterocycles. The number of benzene rings is 2. The topological polar surface area (TPSA) is 49.9 Å². The number of rotatable bonds is 6. The first-order valence-electron chi connectivity index (χ1n) is 9.42. The van der Waals surface area contributed by atoms with Crippen molar-refractivity contribution in [2.24, 2.45) is 0 Å². The van der Waals surface area contributed by atoms with E-state index >= 15 is 0 Å². The molecule has 0 radical (unpaired) electrons. The van der Waals surface area contributed by atoms with Gasteiger partial charge in [-0.25, -0.2) is 4.39 Å². The first-order chi connectivity index (χ1) is 13.5. The number of nitrogens with zero attached hydrogens (tertiary/aromatic N) is 2. The maximum Gasteiger partial charge on any atom is 0.260 e. The molecule has 0 spiro atoms. The summed E-state index contributed by atoms with van der Waals surface area (Å²) in [4.78, 5) is 27.5. The summed E-state index contributed by atoms with van der Waals surface area (Å²) < 4.78 is 18.7. The van der Waals surface area contributed by atoms with Gasteiger partial charge in [0.25, 0.3) is 5.91 Å². The summed E-state index contributed by atoms with van der Waals surface area (Å²) in [6, 6.07) is 13.5. The Hall–Kier alpha value is -2.73. The lowest BCUT2D eigenvalue weighted by molar-refractivity contribution is -0.139. The number of halogens is 1. The molecule has 0 saturated carbocycles. The second-order valence-electron chi connectivity index (χ2n) is 7.28. The van der Waals surface area contributed by atoms with Crippen molar-refractivity contribution in [2.45, 2.75) is 32.5 Å². The first-order valence-corrected chi connectivity index (χ1v) is 9.42. The van der Waals surface area contributed by atoms with E-state index in [2.05, 4.69) is 11.8 Å². The lowest BCUT2D eigenvalue weighted by atomic mass is 10.1. The number of piperazine rings is 1. The summed E-state index contributed by atoms with van der Waals surface area (Å²) in [6.07, 6.45) is 0.767. The summed E-state index contributed by atoms with van der Waals surface area (Å²) in [5.41, 5.74) is 1.63. The third kappa shape index (κ3) is 4.95. The molecule has 28 heavy (non-hydrogen) atoms. The van der Waals surface area contributed by atoms with Crippen LogP contribution in [0.4, 0.5) is 4.39 Å². The molecule has 6 heteroatoms. The average Bonchev–Trinajstić information content (AvgIpc) is 2.70. The van der Waals surface area contributed by atoms with E-state index in [1.54, 1.807) is 36.4 Å². The van der Waals surface area contributed by atoms with E-state index in [0.717, 1.165) is 24.9 Å². The van der Waals surface area contributed by atoms with Crippen LogP contribution < -0.4 is 4.74 Å². The van der Waals surface area contributed by atoms with Crippen LogP contribution in [0.3, 0.4) is 0 Å². The molecule has 148 valence electrons. The van der Waals surface area contributed by atoms with Gasteiger partial charge in [-0.15, -0.1) is 0 Å². The van der Waals surface area contributed by atoms with E-state index < -0.39 is 0 Å². The summed E-state index contributed by atoms with van der Waals surface area (Å²) >= 11 is 0. The molecule has 0 unspecified atom stereocenters.